The van der Waals surface area contributed by atoms with Gasteiger partial charge in [0.2, 0.25) is 0 Å². The Labute approximate surface area is 129 Å². The Bertz CT molecular complexity index is 840. The van der Waals surface area contributed by atoms with Crippen molar-refractivity contribution in [3.8, 4) is 5.75 Å². The number of pyridine rings is 2. The Morgan fingerprint density at radius 1 is 0.955 bits per heavy atom. The summed E-state index contributed by atoms with van der Waals surface area (Å²) in [5.74, 6) is 0.933. The number of aromatic nitrogens is 2. The molecule has 0 fully saturated rings. The molecular weight excluding hydrogens is 272 g/mol. The van der Waals surface area contributed by atoms with Crippen LogP contribution in [0, 0.1) is 0 Å². The van der Waals surface area contributed by atoms with Gasteiger partial charge in [0, 0.05) is 29.8 Å². The summed E-state index contributed by atoms with van der Waals surface area (Å²) in [5.41, 5.74) is 4.50. The molecule has 0 saturated carbocycles. The lowest BCUT2D eigenvalue weighted by atomic mass is 10.0. The average Bonchev–Trinajstić information content (AvgIpc) is 2.78. The van der Waals surface area contributed by atoms with E-state index in [1.54, 1.807) is 0 Å². The maximum Gasteiger partial charge on any atom is 0.149 e. The molecule has 0 aliphatic carbocycles. The van der Waals surface area contributed by atoms with Gasteiger partial charge < -0.3 is 4.74 Å². The summed E-state index contributed by atoms with van der Waals surface area (Å²) < 4.78 is 6.01. The second kappa shape index (κ2) is 5.60. The SMILES string of the molecule is C(=C1\CCOc2c(ccc3cccnc23)C1)/c1ccccn1. The molecule has 1 aromatic carbocycles. The number of rotatable bonds is 1. The Morgan fingerprint density at radius 3 is 2.82 bits per heavy atom. The summed E-state index contributed by atoms with van der Waals surface area (Å²) >= 11 is 0. The van der Waals surface area contributed by atoms with Crippen molar-refractivity contribution in [2.45, 2.75) is 12.8 Å². The Kier molecular flexibility index (Phi) is 3.31. The Morgan fingerprint density at radius 2 is 1.91 bits per heavy atom. The van der Waals surface area contributed by atoms with E-state index in [0.29, 0.717) is 6.61 Å². The van der Waals surface area contributed by atoms with E-state index < -0.39 is 0 Å². The Hall–Kier alpha value is -2.68. The highest BCUT2D eigenvalue weighted by Gasteiger charge is 2.15. The predicted octanol–water partition coefficient (Wildman–Crippen LogP) is 4.04. The molecular formula is C19H16N2O. The van der Waals surface area contributed by atoms with E-state index in [1.165, 1.54) is 11.1 Å². The van der Waals surface area contributed by atoms with E-state index in [1.807, 2.05) is 36.7 Å². The average molecular weight is 288 g/mol. The lowest BCUT2D eigenvalue weighted by Crippen LogP contribution is -1.97. The van der Waals surface area contributed by atoms with Crippen LogP contribution in [0.3, 0.4) is 0 Å². The largest absolute Gasteiger partial charge is 0.491 e. The molecule has 3 nitrogen and oxygen atoms in total. The first-order valence-electron chi connectivity index (χ1n) is 7.50. The smallest absolute Gasteiger partial charge is 0.149 e. The summed E-state index contributed by atoms with van der Waals surface area (Å²) in [4.78, 5) is 8.87. The van der Waals surface area contributed by atoms with Crippen LogP contribution in [0.15, 0.2) is 60.4 Å². The third-order valence-electron chi connectivity index (χ3n) is 3.94. The van der Waals surface area contributed by atoms with Crippen molar-refractivity contribution >= 4 is 17.0 Å². The molecule has 0 saturated heterocycles. The van der Waals surface area contributed by atoms with Crippen LogP contribution in [0.5, 0.6) is 5.75 Å². The summed E-state index contributed by atoms with van der Waals surface area (Å²) in [7, 11) is 0. The number of hydrogen-bond donors (Lipinski definition) is 0. The van der Waals surface area contributed by atoms with Gasteiger partial charge in [-0.1, -0.05) is 29.8 Å². The van der Waals surface area contributed by atoms with Gasteiger partial charge in [-0.05, 0) is 30.7 Å². The summed E-state index contributed by atoms with van der Waals surface area (Å²) in [6.45, 7) is 0.682. The molecule has 0 radical (unpaired) electrons. The van der Waals surface area contributed by atoms with E-state index in [9.17, 15) is 0 Å². The quantitative estimate of drug-likeness (QED) is 0.678. The first-order valence-corrected chi connectivity index (χ1v) is 7.50. The maximum absolute atomic E-state index is 6.01. The predicted molar refractivity (Wildman–Crippen MR) is 87.8 cm³/mol. The molecule has 0 unspecified atom stereocenters. The highest BCUT2D eigenvalue weighted by atomic mass is 16.5. The normalized spacial score (nSPS) is 16.1. The highest BCUT2D eigenvalue weighted by Crippen LogP contribution is 2.33. The van der Waals surface area contributed by atoms with Crippen LogP contribution in [0.25, 0.3) is 17.0 Å². The molecule has 0 bridgehead atoms. The molecule has 4 rings (SSSR count). The standard InChI is InChI=1S/C19H16N2O/c1-2-9-20-17(5-1)13-14-8-11-22-19-16(12-14)7-6-15-4-3-10-21-18(15)19/h1-7,9-10,13H,8,11-12H2/b14-13-. The van der Waals surface area contributed by atoms with E-state index in [4.69, 9.17) is 4.74 Å². The number of fused-ring (bicyclic) bond motifs is 3. The summed E-state index contributed by atoms with van der Waals surface area (Å²) in [6, 6.07) is 14.3. The lowest BCUT2D eigenvalue weighted by Gasteiger charge is -2.09. The van der Waals surface area contributed by atoms with Crippen molar-refractivity contribution in [3.05, 3.63) is 71.7 Å². The van der Waals surface area contributed by atoms with Gasteiger partial charge in [-0.3, -0.25) is 9.97 Å². The molecule has 0 N–H and O–H groups in total. The molecule has 3 aromatic rings. The Balaban J connectivity index is 1.75. The minimum Gasteiger partial charge on any atom is -0.491 e. The van der Waals surface area contributed by atoms with Gasteiger partial charge in [-0.25, -0.2) is 0 Å². The molecule has 2 aromatic heterocycles. The van der Waals surface area contributed by atoms with Crippen LogP contribution < -0.4 is 4.74 Å². The number of benzene rings is 1. The molecule has 3 heterocycles. The topological polar surface area (TPSA) is 35.0 Å². The minimum absolute atomic E-state index is 0.682. The fourth-order valence-corrected chi connectivity index (χ4v) is 2.87. The van der Waals surface area contributed by atoms with Gasteiger partial charge in [0.05, 0.1) is 12.3 Å². The van der Waals surface area contributed by atoms with Crippen molar-refractivity contribution in [3.63, 3.8) is 0 Å². The zero-order valence-electron chi connectivity index (χ0n) is 12.2. The first-order chi connectivity index (χ1) is 10.9. The van der Waals surface area contributed by atoms with Crippen LogP contribution in [0.4, 0.5) is 0 Å². The third kappa shape index (κ3) is 2.46. The second-order valence-electron chi connectivity index (χ2n) is 5.46. The fraction of sp³-hybridized carbons (Fsp3) is 0.158. The molecule has 22 heavy (non-hydrogen) atoms. The number of hydrogen-bond acceptors (Lipinski definition) is 3. The molecule has 108 valence electrons. The van der Waals surface area contributed by atoms with Crippen molar-refractivity contribution in [2.24, 2.45) is 0 Å². The van der Waals surface area contributed by atoms with Crippen LogP contribution in [0.1, 0.15) is 17.7 Å². The second-order valence-corrected chi connectivity index (χ2v) is 5.46. The zero-order chi connectivity index (χ0) is 14.8. The van der Waals surface area contributed by atoms with Crippen LogP contribution in [0.2, 0.25) is 0 Å². The number of ether oxygens (including phenoxy) is 1. The lowest BCUT2D eigenvalue weighted by molar-refractivity contribution is 0.329. The zero-order valence-corrected chi connectivity index (χ0v) is 12.2. The molecule has 3 heteroatoms. The van der Waals surface area contributed by atoms with Gasteiger partial charge in [0.25, 0.3) is 0 Å². The van der Waals surface area contributed by atoms with E-state index >= 15 is 0 Å². The molecule has 1 aliphatic rings. The van der Waals surface area contributed by atoms with E-state index in [2.05, 4.69) is 34.2 Å². The van der Waals surface area contributed by atoms with Gasteiger partial charge in [-0.15, -0.1) is 0 Å². The van der Waals surface area contributed by atoms with Gasteiger partial charge in [0.1, 0.15) is 11.3 Å². The van der Waals surface area contributed by atoms with Crippen LogP contribution >= 0.6 is 0 Å². The maximum atomic E-state index is 6.01. The molecule has 0 spiro atoms. The molecule has 1 aliphatic heterocycles. The summed E-state index contributed by atoms with van der Waals surface area (Å²) in [6.07, 6.45) is 7.62. The van der Waals surface area contributed by atoms with Crippen molar-refractivity contribution in [2.75, 3.05) is 6.61 Å². The minimum atomic E-state index is 0.682. The van der Waals surface area contributed by atoms with E-state index in [-0.39, 0.29) is 0 Å². The highest BCUT2D eigenvalue weighted by molar-refractivity contribution is 5.86. The van der Waals surface area contributed by atoms with Gasteiger partial charge in [0.15, 0.2) is 0 Å². The van der Waals surface area contributed by atoms with Gasteiger partial charge in [-0.2, -0.15) is 0 Å². The molecule has 0 atom stereocenters. The van der Waals surface area contributed by atoms with Gasteiger partial charge >= 0.3 is 0 Å². The fourth-order valence-electron chi connectivity index (χ4n) is 2.87. The van der Waals surface area contributed by atoms with Crippen LogP contribution in [-0.4, -0.2) is 16.6 Å². The number of nitrogens with zero attached hydrogens (tertiary/aromatic N) is 2. The van der Waals surface area contributed by atoms with E-state index in [0.717, 1.165) is 35.2 Å². The van der Waals surface area contributed by atoms with Crippen molar-refractivity contribution in [1.82, 2.24) is 9.97 Å². The first kappa shape index (κ1) is 13.0. The molecule has 0 amide bonds. The van der Waals surface area contributed by atoms with Crippen LogP contribution in [-0.2, 0) is 6.42 Å². The van der Waals surface area contributed by atoms with Crippen molar-refractivity contribution < 1.29 is 4.74 Å². The summed E-state index contributed by atoms with van der Waals surface area (Å²) in [5, 5.41) is 1.12. The third-order valence-corrected chi connectivity index (χ3v) is 3.94. The van der Waals surface area contributed by atoms with Crippen molar-refractivity contribution in [1.29, 1.82) is 0 Å². The monoisotopic (exact) mass is 288 g/mol.